The molecule has 9 heavy (non-hydrogen) atoms. The molecule has 0 amide bonds. The molecule has 0 bridgehead atoms. The van der Waals surface area contributed by atoms with Gasteiger partial charge in [-0.05, 0) is 31.6 Å². The van der Waals surface area contributed by atoms with Crippen LogP contribution < -0.4 is 0 Å². The second-order valence-corrected chi connectivity index (χ2v) is 4.67. The van der Waals surface area contributed by atoms with E-state index in [1.165, 1.54) is 12.8 Å². The van der Waals surface area contributed by atoms with Crippen LogP contribution in [0.2, 0.25) is 0 Å². The van der Waals surface area contributed by atoms with Gasteiger partial charge in [0.1, 0.15) is 0 Å². The lowest BCUT2D eigenvalue weighted by Gasteiger charge is -2.03. The van der Waals surface area contributed by atoms with Gasteiger partial charge in [-0.3, -0.25) is 0 Å². The predicted octanol–water partition coefficient (Wildman–Crippen LogP) is 3.05. The van der Waals surface area contributed by atoms with Crippen LogP contribution >= 0.6 is 11.6 Å². The van der Waals surface area contributed by atoms with Crippen LogP contribution in [0.1, 0.15) is 33.6 Å². The molecule has 2 atom stereocenters. The van der Waals surface area contributed by atoms with Crippen molar-refractivity contribution in [2.24, 2.45) is 11.8 Å². The van der Waals surface area contributed by atoms with Gasteiger partial charge in [-0.2, -0.15) is 0 Å². The van der Waals surface area contributed by atoms with Gasteiger partial charge in [-0.15, -0.1) is 11.6 Å². The van der Waals surface area contributed by atoms with E-state index in [2.05, 4.69) is 20.8 Å². The fourth-order valence-corrected chi connectivity index (χ4v) is 1.60. The molecule has 2 unspecified atom stereocenters. The van der Waals surface area contributed by atoms with Crippen LogP contribution in [-0.2, 0) is 0 Å². The molecular formula is C8H15Cl. The summed E-state index contributed by atoms with van der Waals surface area (Å²) in [5, 5.41) is 0. The van der Waals surface area contributed by atoms with Gasteiger partial charge in [0.05, 0.1) is 0 Å². The minimum absolute atomic E-state index is 0.171. The third kappa shape index (κ3) is 1.86. The number of rotatable bonds is 2. The lowest BCUT2D eigenvalue weighted by Crippen LogP contribution is -1.97. The van der Waals surface area contributed by atoms with Crippen LogP contribution in [0.4, 0.5) is 0 Å². The predicted molar refractivity (Wildman–Crippen MR) is 41.8 cm³/mol. The molecule has 0 aliphatic heterocycles. The SMILES string of the molecule is CC(C)CC1CC1(C)Cl. The second-order valence-electron chi connectivity index (χ2n) is 3.81. The average Bonchev–Trinajstić information content (AvgIpc) is 2.10. The van der Waals surface area contributed by atoms with Crippen molar-refractivity contribution in [2.75, 3.05) is 0 Å². The minimum Gasteiger partial charge on any atom is -0.119 e. The first kappa shape index (κ1) is 7.40. The van der Waals surface area contributed by atoms with Crippen LogP contribution in [-0.4, -0.2) is 4.87 Å². The van der Waals surface area contributed by atoms with E-state index in [-0.39, 0.29) is 4.87 Å². The summed E-state index contributed by atoms with van der Waals surface area (Å²) < 4.78 is 0. The quantitative estimate of drug-likeness (QED) is 0.526. The van der Waals surface area contributed by atoms with E-state index in [4.69, 9.17) is 11.6 Å². The Morgan fingerprint density at radius 3 is 2.22 bits per heavy atom. The van der Waals surface area contributed by atoms with Crippen molar-refractivity contribution in [1.29, 1.82) is 0 Å². The molecule has 0 spiro atoms. The first-order valence-electron chi connectivity index (χ1n) is 3.71. The van der Waals surface area contributed by atoms with E-state index in [1.807, 2.05) is 0 Å². The Hall–Kier alpha value is 0.290. The molecule has 0 aromatic heterocycles. The van der Waals surface area contributed by atoms with Crippen molar-refractivity contribution in [3.05, 3.63) is 0 Å². The fraction of sp³-hybridized carbons (Fsp3) is 1.00. The van der Waals surface area contributed by atoms with Crippen molar-refractivity contribution in [2.45, 2.75) is 38.5 Å². The van der Waals surface area contributed by atoms with Gasteiger partial charge < -0.3 is 0 Å². The van der Waals surface area contributed by atoms with E-state index in [1.54, 1.807) is 0 Å². The van der Waals surface area contributed by atoms with Gasteiger partial charge in [0.15, 0.2) is 0 Å². The van der Waals surface area contributed by atoms with E-state index in [9.17, 15) is 0 Å². The van der Waals surface area contributed by atoms with E-state index in [0.29, 0.717) is 0 Å². The van der Waals surface area contributed by atoms with Crippen LogP contribution in [0.5, 0.6) is 0 Å². The minimum atomic E-state index is 0.171. The Labute approximate surface area is 62.6 Å². The average molecular weight is 147 g/mol. The summed E-state index contributed by atoms with van der Waals surface area (Å²) in [4.78, 5) is 0.171. The molecule has 0 N–H and O–H groups in total. The Morgan fingerprint density at radius 2 is 2.11 bits per heavy atom. The highest BCUT2D eigenvalue weighted by atomic mass is 35.5. The lowest BCUT2D eigenvalue weighted by molar-refractivity contribution is 0.526. The number of halogens is 1. The summed E-state index contributed by atoms with van der Waals surface area (Å²) in [7, 11) is 0. The molecule has 0 aromatic carbocycles. The van der Waals surface area contributed by atoms with E-state index >= 15 is 0 Å². The summed E-state index contributed by atoms with van der Waals surface area (Å²) in [6.07, 6.45) is 2.53. The summed E-state index contributed by atoms with van der Waals surface area (Å²) >= 11 is 6.05. The molecule has 0 nitrogen and oxygen atoms in total. The van der Waals surface area contributed by atoms with Gasteiger partial charge in [-0.1, -0.05) is 13.8 Å². The lowest BCUT2D eigenvalue weighted by atomic mass is 10.1. The standard InChI is InChI=1S/C8H15Cl/c1-6(2)4-7-5-8(7,3)9/h6-7H,4-5H2,1-3H3. The van der Waals surface area contributed by atoms with Gasteiger partial charge >= 0.3 is 0 Å². The maximum Gasteiger partial charge on any atom is 0.0450 e. The monoisotopic (exact) mass is 146 g/mol. The van der Waals surface area contributed by atoms with Gasteiger partial charge in [0, 0.05) is 4.87 Å². The highest BCUT2D eigenvalue weighted by Gasteiger charge is 2.47. The fourth-order valence-electron chi connectivity index (χ4n) is 1.32. The summed E-state index contributed by atoms with van der Waals surface area (Å²) in [6.45, 7) is 6.65. The molecule has 0 aromatic rings. The number of hydrogen-bond acceptors (Lipinski definition) is 0. The second kappa shape index (κ2) is 2.16. The Bertz CT molecular complexity index is 105. The van der Waals surface area contributed by atoms with Crippen molar-refractivity contribution in [3.63, 3.8) is 0 Å². The molecular weight excluding hydrogens is 132 g/mol. The zero-order valence-corrected chi connectivity index (χ0v) is 7.20. The highest BCUT2D eigenvalue weighted by Crippen LogP contribution is 2.52. The highest BCUT2D eigenvalue weighted by molar-refractivity contribution is 6.25. The van der Waals surface area contributed by atoms with Crippen molar-refractivity contribution >= 4 is 11.6 Å². The van der Waals surface area contributed by atoms with Gasteiger partial charge in [0.2, 0.25) is 0 Å². The molecule has 0 heterocycles. The summed E-state index contributed by atoms with van der Waals surface area (Å²) in [5.41, 5.74) is 0. The molecule has 0 saturated heterocycles. The van der Waals surface area contributed by atoms with E-state index in [0.717, 1.165) is 11.8 Å². The van der Waals surface area contributed by atoms with Gasteiger partial charge in [0.25, 0.3) is 0 Å². The molecule has 1 fully saturated rings. The topological polar surface area (TPSA) is 0 Å². The van der Waals surface area contributed by atoms with Crippen LogP contribution in [0.25, 0.3) is 0 Å². The molecule has 1 aliphatic rings. The Kier molecular flexibility index (Phi) is 1.77. The maximum atomic E-state index is 6.05. The first-order chi connectivity index (χ1) is 4.02. The first-order valence-corrected chi connectivity index (χ1v) is 4.09. The Balaban J connectivity index is 2.20. The maximum absolute atomic E-state index is 6.05. The normalized spacial score (nSPS) is 41.7. The molecule has 1 heteroatoms. The number of alkyl halides is 1. The molecule has 1 rings (SSSR count). The third-order valence-corrected chi connectivity index (χ3v) is 2.56. The molecule has 0 radical (unpaired) electrons. The van der Waals surface area contributed by atoms with Crippen LogP contribution in [0.3, 0.4) is 0 Å². The molecule has 1 saturated carbocycles. The number of hydrogen-bond donors (Lipinski definition) is 0. The van der Waals surface area contributed by atoms with Crippen molar-refractivity contribution < 1.29 is 0 Å². The zero-order valence-electron chi connectivity index (χ0n) is 6.45. The smallest absolute Gasteiger partial charge is 0.0450 e. The van der Waals surface area contributed by atoms with Crippen LogP contribution in [0.15, 0.2) is 0 Å². The van der Waals surface area contributed by atoms with Crippen molar-refractivity contribution in [3.8, 4) is 0 Å². The summed E-state index contributed by atoms with van der Waals surface area (Å²) in [5.74, 6) is 1.62. The van der Waals surface area contributed by atoms with E-state index < -0.39 is 0 Å². The van der Waals surface area contributed by atoms with Gasteiger partial charge in [-0.25, -0.2) is 0 Å². The zero-order chi connectivity index (χ0) is 7.07. The summed E-state index contributed by atoms with van der Waals surface area (Å²) in [6, 6.07) is 0. The largest absolute Gasteiger partial charge is 0.119 e. The Morgan fingerprint density at radius 1 is 1.67 bits per heavy atom. The molecule has 1 aliphatic carbocycles. The van der Waals surface area contributed by atoms with Crippen LogP contribution in [0, 0.1) is 11.8 Å². The van der Waals surface area contributed by atoms with Crippen molar-refractivity contribution in [1.82, 2.24) is 0 Å². The molecule has 54 valence electrons. The third-order valence-electron chi connectivity index (χ3n) is 2.09.